The Hall–Kier alpha value is -1.62. The van der Waals surface area contributed by atoms with E-state index in [9.17, 15) is 15.2 Å². The van der Waals surface area contributed by atoms with Crippen molar-refractivity contribution in [3.05, 3.63) is 33.9 Å². The Bertz CT molecular complexity index is 405. The highest BCUT2D eigenvalue weighted by molar-refractivity contribution is 5.55. The molecule has 0 saturated carbocycles. The maximum absolute atomic E-state index is 10.8. The molecule has 1 aromatic carbocycles. The Morgan fingerprint density at radius 2 is 2.12 bits per heavy atom. The van der Waals surface area contributed by atoms with E-state index in [-0.39, 0.29) is 24.3 Å². The van der Waals surface area contributed by atoms with Crippen molar-refractivity contribution >= 4 is 11.4 Å². The van der Waals surface area contributed by atoms with Crippen molar-refractivity contribution < 1.29 is 10.0 Å². The molecule has 0 fully saturated rings. The number of nitro groups is 1. The number of benzene rings is 1. The van der Waals surface area contributed by atoms with Gasteiger partial charge in [-0.25, -0.2) is 0 Å². The van der Waals surface area contributed by atoms with Gasteiger partial charge in [-0.15, -0.1) is 0 Å². The minimum atomic E-state index is -0.399. The third-order valence-corrected chi connectivity index (χ3v) is 2.76. The van der Waals surface area contributed by atoms with E-state index in [1.165, 1.54) is 6.07 Å². The van der Waals surface area contributed by atoms with Gasteiger partial charge in [0.2, 0.25) is 0 Å². The Labute approximate surface area is 101 Å². The molecule has 0 aromatic heterocycles. The Morgan fingerprint density at radius 1 is 1.47 bits per heavy atom. The first-order chi connectivity index (χ1) is 7.95. The van der Waals surface area contributed by atoms with Crippen LogP contribution in [0, 0.1) is 23.0 Å². The van der Waals surface area contributed by atoms with Crippen LogP contribution in [-0.4, -0.2) is 22.7 Å². The summed E-state index contributed by atoms with van der Waals surface area (Å²) in [6.45, 7) is 5.67. The van der Waals surface area contributed by atoms with Gasteiger partial charge in [0.05, 0.1) is 17.6 Å². The van der Waals surface area contributed by atoms with E-state index in [1.807, 2.05) is 13.8 Å². The van der Waals surface area contributed by atoms with Gasteiger partial charge in [-0.2, -0.15) is 0 Å². The lowest BCUT2D eigenvalue weighted by Gasteiger charge is -2.21. The van der Waals surface area contributed by atoms with E-state index in [0.717, 1.165) is 0 Å². The first-order valence-electron chi connectivity index (χ1n) is 5.58. The van der Waals surface area contributed by atoms with Gasteiger partial charge in [0, 0.05) is 17.3 Å². The van der Waals surface area contributed by atoms with Crippen molar-refractivity contribution in [3.8, 4) is 0 Å². The SMILES string of the molecule is Cc1ccc(NC(CO)C(C)C)cc1[N+](=O)[O-]. The summed E-state index contributed by atoms with van der Waals surface area (Å²) in [4.78, 5) is 10.4. The predicted molar refractivity (Wildman–Crippen MR) is 67.2 cm³/mol. The van der Waals surface area contributed by atoms with E-state index in [4.69, 9.17) is 0 Å². The Morgan fingerprint density at radius 3 is 2.59 bits per heavy atom. The van der Waals surface area contributed by atoms with Gasteiger partial charge in [0.15, 0.2) is 0 Å². The second-order valence-electron chi connectivity index (χ2n) is 4.44. The number of rotatable bonds is 5. The summed E-state index contributed by atoms with van der Waals surface area (Å²) in [6, 6.07) is 4.89. The third kappa shape index (κ3) is 3.42. The maximum Gasteiger partial charge on any atom is 0.274 e. The summed E-state index contributed by atoms with van der Waals surface area (Å²) >= 11 is 0. The smallest absolute Gasteiger partial charge is 0.274 e. The Balaban J connectivity index is 2.92. The van der Waals surface area contributed by atoms with E-state index < -0.39 is 4.92 Å². The molecule has 0 aliphatic rings. The van der Waals surface area contributed by atoms with Gasteiger partial charge < -0.3 is 10.4 Å². The fraction of sp³-hybridized carbons (Fsp3) is 0.500. The van der Waals surface area contributed by atoms with Gasteiger partial charge in [0.1, 0.15) is 0 Å². The van der Waals surface area contributed by atoms with Crippen molar-refractivity contribution in [1.82, 2.24) is 0 Å². The molecular weight excluding hydrogens is 220 g/mol. The number of aliphatic hydroxyl groups excluding tert-OH is 1. The summed E-state index contributed by atoms with van der Waals surface area (Å²) < 4.78 is 0. The average Bonchev–Trinajstić information content (AvgIpc) is 2.27. The molecule has 1 aromatic rings. The number of nitrogens with zero attached hydrogens (tertiary/aromatic N) is 1. The second-order valence-corrected chi connectivity index (χ2v) is 4.44. The zero-order valence-electron chi connectivity index (χ0n) is 10.3. The van der Waals surface area contributed by atoms with Gasteiger partial charge in [-0.05, 0) is 18.9 Å². The minimum absolute atomic E-state index is 0.000654. The zero-order chi connectivity index (χ0) is 13.0. The largest absolute Gasteiger partial charge is 0.394 e. The second kappa shape index (κ2) is 5.63. The van der Waals surface area contributed by atoms with Crippen LogP contribution in [0.2, 0.25) is 0 Å². The zero-order valence-corrected chi connectivity index (χ0v) is 10.3. The van der Waals surface area contributed by atoms with Crippen LogP contribution in [0.4, 0.5) is 11.4 Å². The standard InChI is InChI=1S/C12H18N2O3/c1-8(2)11(7-15)13-10-5-4-9(3)12(6-10)14(16)17/h4-6,8,11,13,15H,7H2,1-3H3. The molecule has 0 spiro atoms. The summed E-state index contributed by atoms with van der Waals surface area (Å²) in [5, 5.41) is 23.1. The fourth-order valence-corrected chi connectivity index (χ4v) is 1.53. The summed E-state index contributed by atoms with van der Waals surface area (Å²) in [7, 11) is 0. The van der Waals surface area contributed by atoms with Crippen LogP contribution in [0.5, 0.6) is 0 Å². The lowest BCUT2D eigenvalue weighted by molar-refractivity contribution is -0.385. The highest BCUT2D eigenvalue weighted by Gasteiger charge is 2.15. The normalized spacial score (nSPS) is 12.5. The summed E-state index contributed by atoms with van der Waals surface area (Å²) in [5.41, 5.74) is 1.39. The predicted octanol–water partition coefficient (Wildman–Crippen LogP) is 2.33. The third-order valence-electron chi connectivity index (χ3n) is 2.76. The molecule has 0 saturated heterocycles. The van der Waals surface area contributed by atoms with Crippen molar-refractivity contribution in [1.29, 1.82) is 0 Å². The molecule has 1 unspecified atom stereocenters. The Kier molecular flexibility index (Phi) is 4.45. The van der Waals surface area contributed by atoms with E-state index in [2.05, 4.69) is 5.32 Å². The molecule has 94 valence electrons. The van der Waals surface area contributed by atoms with Gasteiger partial charge in [0.25, 0.3) is 5.69 Å². The average molecular weight is 238 g/mol. The number of aliphatic hydroxyl groups is 1. The minimum Gasteiger partial charge on any atom is -0.394 e. The molecule has 5 heteroatoms. The molecule has 0 radical (unpaired) electrons. The number of anilines is 1. The molecule has 0 aliphatic heterocycles. The number of aryl methyl sites for hydroxylation is 1. The highest BCUT2D eigenvalue weighted by atomic mass is 16.6. The van der Waals surface area contributed by atoms with Crippen LogP contribution in [0.25, 0.3) is 0 Å². The van der Waals surface area contributed by atoms with Crippen LogP contribution in [0.3, 0.4) is 0 Å². The first-order valence-corrected chi connectivity index (χ1v) is 5.58. The number of hydrogen-bond donors (Lipinski definition) is 2. The molecular formula is C12H18N2O3. The van der Waals surface area contributed by atoms with Crippen LogP contribution >= 0.6 is 0 Å². The molecule has 5 nitrogen and oxygen atoms in total. The van der Waals surface area contributed by atoms with E-state index >= 15 is 0 Å². The molecule has 1 rings (SSSR count). The molecule has 1 atom stereocenters. The van der Waals surface area contributed by atoms with Crippen LogP contribution in [-0.2, 0) is 0 Å². The van der Waals surface area contributed by atoms with Gasteiger partial charge in [-0.1, -0.05) is 19.9 Å². The number of hydrogen-bond acceptors (Lipinski definition) is 4. The molecule has 17 heavy (non-hydrogen) atoms. The summed E-state index contributed by atoms with van der Waals surface area (Å²) in [5.74, 6) is 0.250. The van der Waals surface area contributed by atoms with E-state index in [0.29, 0.717) is 11.3 Å². The molecule has 0 amide bonds. The molecule has 0 bridgehead atoms. The molecule has 2 N–H and O–H groups in total. The van der Waals surface area contributed by atoms with Crippen molar-refractivity contribution in [3.63, 3.8) is 0 Å². The lowest BCUT2D eigenvalue weighted by atomic mass is 10.0. The number of nitrogens with one attached hydrogen (secondary N) is 1. The quantitative estimate of drug-likeness (QED) is 0.609. The maximum atomic E-state index is 10.8. The van der Waals surface area contributed by atoms with Gasteiger partial charge in [-0.3, -0.25) is 10.1 Å². The highest BCUT2D eigenvalue weighted by Crippen LogP contribution is 2.23. The van der Waals surface area contributed by atoms with Crippen molar-refractivity contribution in [2.45, 2.75) is 26.8 Å². The van der Waals surface area contributed by atoms with Crippen LogP contribution in [0.1, 0.15) is 19.4 Å². The summed E-state index contributed by atoms with van der Waals surface area (Å²) in [6.07, 6.45) is 0. The topological polar surface area (TPSA) is 75.4 Å². The van der Waals surface area contributed by atoms with Crippen molar-refractivity contribution in [2.75, 3.05) is 11.9 Å². The lowest BCUT2D eigenvalue weighted by Crippen LogP contribution is -2.29. The monoisotopic (exact) mass is 238 g/mol. The molecule has 0 aliphatic carbocycles. The van der Waals surface area contributed by atoms with Gasteiger partial charge >= 0.3 is 0 Å². The first kappa shape index (κ1) is 13.4. The van der Waals surface area contributed by atoms with Crippen LogP contribution < -0.4 is 5.32 Å². The fourth-order valence-electron chi connectivity index (χ4n) is 1.53. The number of nitro benzene ring substituents is 1. The van der Waals surface area contributed by atoms with E-state index in [1.54, 1.807) is 19.1 Å². The van der Waals surface area contributed by atoms with Crippen molar-refractivity contribution in [2.24, 2.45) is 5.92 Å². The molecule has 0 heterocycles. The van der Waals surface area contributed by atoms with Crippen LogP contribution in [0.15, 0.2) is 18.2 Å².